The number of hydrogen-bond acceptors (Lipinski definition) is 11. The van der Waals surface area contributed by atoms with Crippen LogP contribution in [0.2, 0.25) is 0 Å². The lowest BCUT2D eigenvalue weighted by Gasteiger charge is -2.47. The molecule has 2 bridgehead atoms. The van der Waals surface area contributed by atoms with E-state index in [0.717, 1.165) is 62.0 Å². The van der Waals surface area contributed by atoms with E-state index in [0.29, 0.717) is 59.5 Å². The van der Waals surface area contributed by atoms with Gasteiger partial charge in [-0.05, 0) is 155 Å². The average Bonchev–Trinajstić information content (AvgIpc) is 4.06. The topological polar surface area (TPSA) is 152 Å². The normalized spacial score (nSPS) is 24.2. The van der Waals surface area contributed by atoms with Gasteiger partial charge in [0.05, 0.1) is 23.3 Å². The highest BCUT2D eigenvalue weighted by Gasteiger charge is 2.42. The van der Waals surface area contributed by atoms with Crippen LogP contribution in [0, 0.1) is 11.3 Å². The Bertz CT molecular complexity index is 2620. The fourth-order valence-corrected chi connectivity index (χ4v) is 12.9. The summed E-state index contributed by atoms with van der Waals surface area (Å²) in [5.74, 6) is 1.75. The number of hydrogen-bond donors (Lipinski definition) is 3. The number of piperidine rings is 2. The van der Waals surface area contributed by atoms with E-state index in [4.69, 9.17) is 10.7 Å². The molecule has 8 heterocycles. The van der Waals surface area contributed by atoms with Gasteiger partial charge < -0.3 is 35.0 Å². The van der Waals surface area contributed by atoms with E-state index in [2.05, 4.69) is 76.2 Å². The van der Waals surface area contributed by atoms with Gasteiger partial charge in [-0.1, -0.05) is 18.2 Å². The summed E-state index contributed by atoms with van der Waals surface area (Å²) in [5, 5.41) is 22.8. The maximum atomic E-state index is 12.6. The van der Waals surface area contributed by atoms with Gasteiger partial charge in [0.25, 0.3) is 0 Å². The molecule has 2 saturated carbocycles. The number of amides is 3. The molecule has 344 valence electrons. The number of aromatic hydroxyl groups is 1. The number of para-hydroxylation sites is 1. The van der Waals surface area contributed by atoms with E-state index in [1.807, 2.05) is 30.5 Å². The first-order chi connectivity index (χ1) is 32.2. The van der Waals surface area contributed by atoms with Crippen molar-refractivity contribution in [3.63, 3.8) is 0 Å². The molecule has 3 aromatic heterocycles. The minimum atomic E-state index is -0.351. The molecular formula is C52H63N11O3. The molecular weight excluding hydrogens is 827 g/mol. The summed E-state index contributed by atoms with van der Waals surface area (Å²) in [6, 6.07) is 21.6. The maximum absolute atomic E-state index is 12.6. The second-order valence-corrected chi connectivity index (χ2v) is 20.8. The molecule has 3 amide bonds. The van der Waals surface area contributed by atoms with Gasteiger partial charge in [-0.3, -0.25) is 15.0 Å². The van der Waals surface area contributed by atoms with Gasteiger partial charge in [-0.25, -0.2) is 9.78 Å². The molecule has 7 fully saturated rings. The number of aromatic nitrogens is 4. The monoisotopic (exact) mass is 890 g/mol. The molecule has 4 N–H and O–H groups in total. The lowest BCUT2D eigenvalue weighted by atomic mass is 9.67. The number of nitrogen functional groups attached to an aromatic ring is 1. The van der Waals surface area contributed by atoms with Crippen molar-refractivity contribution in [2.24, 2.45) is 11.3 Å². The number of carbonyl (C=O) groups excluding carboxylic acids is 2. The zero-order valence-corrected chi connectivity index (χ0v) is 38.0. The van der Waals surface area contributed by atoms with Crippen molar-refractivity contribution >= 4 is 51.5 Å². The average molecular weight is 890 g/mol. The van der Waals surface area contributed by atoms with E-state index in [1.165, 1.54) is 106 Å². The number of carbonyl (C=O) groups is 2. The zero-order valence-electron chi connectivity index (χ0n) is 38.0. The molecule has 5 aliphatic heterocycles. The van der Waals surface area contributed by atoms with Crippen molar-refractivity contribution in [2.75, 3.05) is 77.7 Å². The Balaban J connectivity index is 0.629. The quantitative estimate of drug-likeness (QED) is 0.132. The van der Waals surface area contributed by atoms with Crippen LogP contribution in [0.5, 0.6) is 5.75 Å². The third-order valence-electron chi connectivity index (χ3n) is 16.8. The molecule has 1 spiro atoms. The van der Waals surface area contributed by atoms with Crippen LogP contribution in [0.3, 0.4) is 0 Å². The van der Waals surface area contributed by atoms with Gasteiger partial charge in [0.1, 0.15) is 11.4 Å². The van der Waals surface area contributed by atoms with Gasteiger partial charge in [0.15, 0.2) is 5.82 Å². The molecule has 66 heavy (non-hydrogen) atoms. The SMILES string of the molecule is Nc1nnc(-c2ccccc2O)cc1N1CC2CCC(C1)N2c1cccc(N2CCC(CN3CCC4(CCC(n5cc(C6CC6)c6cc(N7CCC(=O)NC7=O)cnc65)CC4)CC3)CC2)c1. The summed E-state index contributed by atoms with van der Waals surface area (Å²) >= 11 is 0. The Morgan fingerprint density at radius 1 is 0.742 bits per heavy atom. The minimum Gasteiger partial charge on any atom is -0.507 e. The standard InChI is InChI=1S/C52H63N11O3/c53-49-46(28-45(56-57-49)42-6-1-2-7-47(42)64)60-31-39-10-11-40(32-60)63(39)38-5-3-4-37(26-38)59-21-14-34(15-22-59)30-58-24-19-52(20-25-58)17-12-36(13-18-52)62-33-44(35-8-9-35)43-27-41(29-54-50(43)62)61-23-16-48(65)55-51(61)66/h1-7,26-29,33-36,39-40,64H,8-25,30-32H2,(H2,53,57)(H,55,65,66). The molecule has 5 saturated heterocycles. The summed E-state index contributed by atoms with van der Waals surface area (Å²) in [6.45, 7) is 8.05. The lowest BCUT2D eigenvalue weighted by Crippen LogP contribution is -2.54. The molecule has 7 aliphatic rings. The molecule has 12 rings (SSSR count). The Kier molecular flexibility index (Phi) is 10.6. The summed E-state index contributed by atoms with van der Waals surface area (Å²) in [6.07, 6.45) is 19.4. The fraction of sp³-hybridized carbons (Fsp3) is 0.519. The molecule has 14 heteroatoms. The van der Waals surface area contributed by atoms with Crippen molar-refractivity contribution in [1.82, 2.24) is 30.0 Å². The molecule has 2 aliphatic carbocycles. The molecule has 5 aromatic rings. The number of pyridine rings is 1. The highest BCUT2D eigenvalue weighted by atomic mass is 16.3. The van der Waals surface area contributed by atoms with Gasteiger partial charge in [0, 0.05) is 92.3 Å². The molecule has 0 radical (unpaired) electrons. The minimum absolute atomic E-state index is 0.191. The van der Waals surface area contributed by atoms with E-state index in [1.54, 1.807) is 11.0 Å². The number of nitrogens with two attached hydrogens (primary N) is 1. The van der Waals surface area contributed by atoms with Crippen LogP contribution >= 0.6 is 0 Å². The van der Waals surface area contributed by atoms with Crippen LogP contribution in [0.15, 0.2) is 73.1 Å². The van der Waals surface area contributed by atoms with E-state index < -0.39 is 0 Å². The third-order valence-corrected chi connectivity index (χ3v) is 16.8. The maximum Gasteiger partial charge on any atom is 0.328 e. The summed E-state index contributed by atoms with van der Waals surface area (Å²) in [4.78, 5) is 41.5. The molecule has 14 nitrogen and oxygen atoms in total. The molecule has 2 unspecified atom stereocenters. The number of nitrogens with zero attached hydrogens (tertiary/aromatic N) is 9. The van der Waals surface area contributed by atoms with Crippen LogP contribution in [0.4, 0.5) is 33.4 Å². The van der Waals surface area contributed by atoms with Crippen LogP contribution < -0.4 is 30.7 Å². The Labute approximate surface area is 387 Å². The first-order valence-electron chi connectivity index (χ1n) is 24.9. The Hall–Kier alpha value is -5.89. The van der Waals surface area contributed by atoms with Gasteiger partial charge in [-0.15, -0.1) is 10.2 Å². The number of urea groups is 1. The van der Waals surface area contributed by atoms with Gasteiger partial charge in [0.2, 0.25) is 5.91 Å². The van der Waals surface area contributed by atoms with Crippen molar-refractivity contribution in [3.8, 4) is 17.0 Å². The van der Waals surface area contributed by atoms with Gasteiger partial charge >= 0.3 is 6.03 Å². The lowest BCUT2D eigenvalue weighted by molar-refractivity contribution is -0.120. The summed E-state index contributed by atoms with van der Waals surface area (Å²) < 4.78 is 2.48. The van der Waals surface area contributed by atoms with Crippen molar-refractivity contribution in [3.05, 3.63) is 78.6 Å². The van der Waals surface area contributed by atoms with Crippen LogP contribution in [0.1, 0.15) is 101 Å². The van der Waals surface area contributed by atoms with Crippen LogP contribution in [-0.4, -0.2) is 106 Å². The van der Waals surface area contributed by atoms with E-state index in [9.17, 15) is 14.7 Å². The number of phenolic OH excluding ortho intramolecular Hbond substituents is 1. The first kappa shape index (κ1) is 41.5. The number of fused-ring (bicyclic) bond motifs is 3. The number of nitrogens with one attached hydrogen (secondary N) is 1. The van der Waals surface area contributed by atoms with Gasteiger partial charge in [-0.2, -0.15) is 0 Å². The molecule has 2 aromatic carbocycles. The number of likely N-dealkylation sites (tertiary alicyclic amines) is 1. The second-order valence-electron chi connectivity index (χ2n) is 20.8. The molecule has 2 atom stereocenters. The third kappa shape index (κ3) is 7.78. The Morgan fingerprint density at radius 3 is 2.24 bits per heavy atom. The van der Waals surface area contributed by atoms with Crippen molar-refractivity contribution in [1.29, 1.82) is 0 Å². The van der Waals surface area contributed by atoms with E-state index in [-0.39, 0.29) is 17.7 Å². The van der Waals surface area contributed by atoms with Crippen molar-refractivity contribution < 1.29 is 14.7 Å². The summed E-state index contributed by atoms with van der Waals surface area (Å²) in [7, 11) is 0. The zero-order chi connectivity index (χ0) is 44.5. The number of rotatable bonds is 9. The van der Waals surface area contributed by atoms with Crippen LogP contribution in [-0.2, 0) is 4.79 Å². The number of benzene rings is 2. The predicted octanol–water partition coefficient (Wildman–Crippen LogP) is 8.08. The number of imide groups is 1. The number of phenols is 1. The fourth-order valence-electron chi connectivity index (χ4n) is 12.9. The summed E-state index contributed by atoms with van der Waals surface area (Å²) in [5.41, 5.74) is 15.0. The first-order valence-corrected chi connectivity index (χ1v) is 24.9. The highest BCUT2D eigenvalue weighted by Crippen LogP contribution is 2.50. The Morgan fingerprint density at radius 2 is 1.50 bits per heavy atom. The largest absolute Gasteiger partial charge is 0.507 e. The number of anilines is 5. The smallest absolute Gasteiger partial charge is 0.328 e. The van der Waals surface area contributed by atoms with Crippen LogP contribution in [0.25, 0.3) is 22.3 Å². The second kappa shape index (κ2) is 16.8. The number of piperazine rings is 1. The van der Waals surface area contributed by atoms with E-state index >= 15 is 0 Å². The predicted molar refractivity (Wildman–Crippen MR) is 259 cm³/mol. The van der Waals surface area contributed by atoms with Crippen molar-refractivity contribution in [2.45, 2.75) is 108 Å². The highest BCUT2D eigenvalue weighted by molar-refractivity contribution is 6.06.